The van der Waals surface area contributed by atoms with Crippen LogP contribution < -0.4 is 5.32 Å². The Morgan fingerprint density at radius 1 is 1.35 bits per heavy atom. The summed E-state index contributed by atoms with van der Waals surface area (Å²) in [5, 5.41) is 3.60. The molecule has 0 radical (unpaired) electrons. The first-order chi connectivity index (χ1) is 9.77. The second kappa shape index (κ2) is 7.79. The van der Waals surface area contributed by atoms with Gasteiger partial charge in [-0.25, -0.2) is 4.98 Å². The lowest BCUT2D eigenvalue weighted by molar-refractivity contribution is -0.0204. The van der Waals surface area contributed by atoms with Gasteiger partial charge in [0.25, 0.3) is 0 Å². The molecule has 114 valence electrons. The van der Waals surface area contributed by atoms with Crippen LogP contribution >= 0.6 is 0 Å². The maximum Gasteiger partial charge on any atom is 0.128 e. The molecule has 2 rings (SSSR count). The van der Waals surface area contributed by atoms with E-state index in [9.17, 15) is 0 Å². The molecule has 1 aliphatic rings. The monoisotopic (exact) mass is 279 g/mol. The molecule has 0 aromatic carbocycles. The number of likely N-dealkylation sites (N-methyl/N-ethyl adjacent to an activating group) is 1. The molecule has 1 saturated carbocycles. The van der Waals surface area contributed by atoms with E-state index in [-0.39, 0.29) is 12.1 Å². The van der Waals surface area contributed by atoms with Crippen LogP contribution in [-0.4, -0.2) is 28.8 Å². The lowest BCUT2D eigenvalue weighted by atomic mass is 9.82. The van der Waals surface area contributed by atoms with Crippen LogP contribution in [-0.2, 0) is 11.8 Å². The molecule has 4 nitrogen and oxygen atoms in total. The Hall–Kier alpha value is -0.870. The highest BCUT2D eigenvalue weighted by Crippen LogP contribution is 2.33. The first kappa shape index (κ1) is 15.5. The summed E-state index contributed by atoms with van der Waals surface area (Å²) in [4.78, 5) is 4.55. The SMILES string of the molecule is CCNC(c1nccn1C)C(OCC)C1CCCCC1. The third-order valence-electron chi connectivity index (χ3n) is 4.36. The number of hydrogen-bond acceptors (Lipinski definition) is 3. The molecule has 0 saturated heterocycles. The lowest BCUT2D eigenvalue weighted by Crippen LogP contribution is -2.41. The third kappa shape index (κ3) is 3.61. The second-order valence-electron chi connectivity index (χ2n) is 5.75. The molecule has 4 heteroatoms. The summed E-state index contributed by atoms with van der Waals surface area (Å²) in [5.74, 6) is 1.75. The molecule has 1 aromatic rings. The van der Waals surface area contributed by atoms with Crippen molar-refractivity contribution in [3.8, 4) is 0 Å². The summed E-state index contributed by atoms with van der Waals surface area (Å²) in [6.45, 7) is 5.96. The van der Waals surface area contributed by atoms with Crippen molar-refractivity contribution in [3.05, 3.63) is 18.2 Å². The minimum Gasteiger partial charge on any atom is -0.376 e. The standard InChI is InChI=1S/C16H29N3O/c1-4-17-14(16-18-11-12-19(16)3)15(20-5-2)13-9-7-6-8-10-13/h11-15,17H,4-10H2,1-3H3. The fourth-order valence-corrected chi connectivity index (χ4v) is 3.41. The van der Waals surface area contributed by atoms with E-state index >= 15 is 0 Å². The van der Waals surface area contributed by atoms with E-state index in [4.69, 9.17) is 4.74 Å². The van der Waals surface area contributed by atoms with Crippen molar-refractivity contribution >= 4 is 0 Å². The fraction of sp³-hybridized carbons (Fsp3) is 0.812. The van der Waals surface area contributed by atoms with Gasteiger partial charge in [-0.05, 0) is 32.2 Å². The van der Waals surface area contributed by atoms with Crippen molar-refractivity contribution in [1.29, 1.82) is 0 Å². The molecule has 1 heterocycles. The van der Waals surface area contributed by atoms with Gasteiger partial charge in [0.1, 0.15) is 5.82 Å². The number of nitrogens with one attached hydrogen (secondary N) is 1. The maximum atomic E-state index is 6.16. The molecule has 2 unspecified atom stereocenters. The van der Waals surface area contributed by atoms with E-state index in [1.807, 2.05) is 12.4 Å². The fourth-order valence-electron chi connectivity index (χ4n) is 3.41. The number of nitrogens with zero attached hydrogens (tertiary/aromatic N) is 2. The van der Waals surface area contributed by atoms with Crippen molar-refractivity contribution in [3.63, 3.8) is 0 Å². The molecular weight excluding hydrogens is 250 g/mol. The van der Waals surface area contributed by atoms with E-state index in [1.165, 1.54) is 32.1 Å². The summed E-state index contributed by atoms with van der Waals surface area (Å²) >= 11 is 0. The highest BCUT2D eigenvalue weighted by atomic mass is 16.5. The summed E-state index contributed by atoms with van der Waals surface area (Å²) in [6.07, 6.45) is 10.8. The van der Waals surface area contributed by atoms with Gasteiger partial charge in [0.05, 0.1) is 12.1 Å². The molecule has 0 aliphatic heterocycles. The Balaban J connectivity index is 2.19. The number of hydrogen-bond donors (Lipinski definition) is 1. The van der Waals surface area contributed by atoms with Gasteiger partial charge in [-0.1, -0.05) is 26.2 Å². The summed E-state index contributed by atoms with van der Waals surface area (Å²) < 4.78 is 8.27. The van der Waals surface area contributed by atoms with Crippen LogP contribution in [0.4, 0.5) is 0 Å². The van der Waals surface area contributed by atoms with Gasteiger partial charge in [0.15, 0.2) is 0 Å². The summed E-state index contributed by atoms with van der Waals surface area (Å²) in [5.41, 5.74) is 0. The smallest absolute Gasteiger partial charge is 0.128 e. The minimum absolute atomic E-state index is 0.197. The van der Waals surface area contributed by atoms with Gasteiger partial charge in [-0.2, -0.15) is 0 Å². The Kier molecular flexibility index (Phi) is 6.05. The van der Waals surface area contributed by atoms with Crippen molar-refractivity contribution < 1.29 is 4.74 Å². The van der Waals surface area contributed by atoms with E-state index in [0.29, 0.717) is 5.92 Å². The molecule has 1 fully saturated rings. The molecule has 1 N–H and O–H groups in total. The Bertz CT molecular complexity index is 385. The molecule has 1 aromatic heterocycles. The molecular formula is C16H29N3O. The number of aromatic nitrogens is 2. The highest BCUT2D eigenvalue weighted by molar-refractivity contribution is 5.03. The van der Waals surface area contributed by atoms with Gasteiger partial charge < -0.3 is 14.6 Å². The Labute approximate surface area is 122 Å². The van der Waals surface area contributed by atoms with Crippen LogP contribution in [0.2, 0.25) is 0 Å². The lowest BCUT2D eigenvalue weighted by Gasteiger charge is -2.35. The van der Waals surface area contributed by atoms with Gasteiger partial charge >= 0.3 is 0 Å². The molecule has 0 amide bonds. The van der Waals surface area contributed by atoms with Crippen LogP contribution in [0.5, 0.6) is 0 Å². The van der Waals surface area contributed by atoms with Crippen LogP contribution in [0.25, 0.3) is 0 Å². The molecule has 1 aliphatic carbocycles. The van der Waals surface area contributed by atoms with Crippen LogP contribution in [0.3, 0.4) is 0 Å². The molecule has 0 spiro atoms. The van der Waals surface area contributed by atoms with E-state index in [2.05, 4.69) is 35.8 Å². The zero-order chi connectivity index (χ0) is 14.4. The van der Waals surface area contributed by atoms with Gasteiger partial charge in [0.2, 0.25) is 0 Å². The number of rotatable bonds is 7. The van der Waals surface area contributed by atoms with Crippen LogP contribution in [0.1, 0.15) is 57.8 Å². The normalized spacial score (nSPS) is 19.9. The van der Waals surface area contributed by atoms with Crippen molar-refractivity contribution in [2.75, 3.05) is 13.2 Å². The first-order valence-electron chi connectivity index (χ1n) is 8.10. The second-order valence-corrected chi connectivity index (χ2v) is 5.75. The number of aryl methyl sites for hydroxylation is 1. The van der Waals surface area contributed by atoms with E-state index < -0.39 is 0 Å². The van der Waals surface area contributed by atoms with E-state index in [1.54, 1.807) is 0 Å². The van der Waals surface area contributed by atoms with Gasteiger partial charge in [0, 0.05) is 26.0 Å². The zero-order valence-electron chi connectivity index (χ0n) is 13.1. The summed E-state index contributed by atoms with van der Waals surface area (Å²) in [7, 11) is 2.07. The van der Waals surface area contributed by atoms with Gasteiger partial charge in [-0.15, -0.1) is 0 Å². The average Bonchev–Trinajstić information content (AvgIpc) is 2.90. The quantitative estimate of drug-likeness (QED) is 0.834. The summed E-state index contributed by atoms with van der Waals surface area (Å²) in [6, 6.07) is 0.197. The van der Waals surface area contributed by atoms with E-state index in [0.717, 1.165) is 19.0 Å². The predicted molar refractivity (Wildman–Crippen MR) is 81.6 cm³/mol. The largest absolute Gasteiger partial charge is 0.376 e. The van der Waals surface area contributed by atoms with Gasteiger partial charge in [-0.3, -0.25) is 0 Å². The van der Waals surface area contributed by atoms with Crippen molar-refractivity contribution in [2.45, 2.75) is 58.1 Å². The van der Waals surface area contributed by atoms with Crippen molar-refractivity contribution in [2.24, 2.45) is 13.0 Å². The third-order valence-corrected chi connectivity index (χ3v) is 4.36. The molecule has 2 atom stereocenters. The minimum atomic E-state index is 0.197. The maximum absolute atomic E-state index is 6.16. The Morgan fingerprint density at radius 3 is 2.65 bits per heavy atom. The zero-order valence-corrected chi connectivity index (χ0v) is 13.1. The average molecular weight is 279 g/mol. The first-order valence-corrected chi connectivity index (χ1v) is 8.10. The number of ether oxygens (including phenoxy) is 1. The molecule has 0 bridgehead atoms. The van der Waals surface area contributed by atoms with Crippen LogP contribution in [0, 0.1) is 5.92 Å². The molecule has 20 heavy (non-hydrogen) atoms. The number of imidazole rings is 1. The highest BCUT2D eigenvalue weighted by Gasteiger charge is 2.33. The van der Waals surface area contributed by atoms with Crippen molar-refractivity contribution in [1.82, 2.24) is 14.9 Å². The topological polar surface area (TPSA) is 39.1 Å². The predicted octanol–water partition coefficient (Wildman–Crippen LogP) is 3.06. The van der Waals surface area contributed by atoms with Crippen LogP contribution in [0.15, 0.2) is 12.4 Å². The Morgan fingerprint density at radius 2 is 2.10 bits per heavy atom.